The van der Waals surface area contributed by atoms with Crippen LogP contribution >= 0.6 is 11.8 Å². The first kappa shape index (κ1) is 21.5. The van der Waals surface area contributed by atoms with E-state index in [-0.39, 0.29) is 17.2 Å². The average molecular weight is 426 g/mol. The van der Waals surface area contributed by atoms with Gasteiger partial charge in [0.25, 0.3) is 5.91 Å². The van der Waals surface area contributed by atoms with Gasteiger partial charge in [-0.1, -0.05) is 37.3 Å². The van der Waals surface area contributed by atoms with Gasteiger partial charge in [-0.25, -0.2) is 8.78 Å². The van der Waals surface area contributed by atoms with Gasteiger partial charge >= 0.3 is 0 Å². The molecular formula is C23H20F2N2O2S. The first-order chi connectivity index (χ1) is 14.5. The number of anilines is 2. The Morgan fingerprint density at radius 1 is 0.900 bits per heavy atom. The van der Waals surface area contributed by atoms with Crippen LogP contribution in [-0.2, 0) is 4.79 Å². The van der Waals surface area contributed by atoms with Gasteiger partial charge in [0.1, 0.15) is 11.6 Å². The van der Waals surface area contributed by atoms with E-state index in [9.17, 15) is 18.4 Å². The van der Waals surface area contributed by atoms with Crippen LogP contribution in [0.5, 0.6) is 0 Å². The summed E-state index contributed by atoms with van der Waals surface area (Å²) in [6, 6.07) is 18.7. The molecule has 0 heterocycles. The largest absolute Gasteiger partial charge is 0.323 e. The summed E-state index contributed by atoms with van der Waals surface area (Å²) in [4.78, 5) is 25.6. The quantitative estimate of drug-likeness (QED) is 0.475. The molecule has 30 heavy (non-hydrogen) atoms. The lowest BCUT2D eigenvalue weighted by Gasteiger charge is -2.16. The van der Waals surface area contributed by atoms with E-state index in [1.54, 1.807) is 36.4 Å². The molecule has 0 aliphatic heterocycles. The van der Waals surface area contributed by atoms with E-state index < -0.39 is 22.8 Å². The number of amides is 2. The summed E-state index contributed by atoms with van der Waals surface area (Å²) in [5.74, 6) is -1.96. The molecule has 0 fully saturated rings. The number of hydrogen-bond donors (Lipinski definition) is 2. The molecule has 1 atom stereocenters. The highest BCUT2D eigenvalue weighted by atomic mass is 32.2. The summed E-state index contributed by atoms with van der Waals surface area (Å²) >= 11 is 1.30. The number of carbonyl (C=O) groups excluding carboxylic acids is 2. The van der Waals surface area contributed by atoms with Crippen molar-refractivity contribution in [3.05, 3.63) is 90.0 Å². The smallest absolute Gasteiger partial charge is 0.258 e. The van der Waals surface area contributed by atoms with Crippen LogP contribution in [0.3, 0.4) is 0 Å². The van der Waals surface area contributed by atoms with Gasteiger partial charge in [-0.2, -0.15) is 0 Å². The van der Waals surface area contributed by atoms with Gasteiger partial charge in [-0.05, 0) is 48.9 Å². The third kappa shape index (κ3) is 5.45. The molecule has 3 rings (SSSR count). The molecule has 0 aliphatic carbocycles. The summed E-state index contributed by atoms with van der Waals surface area (Å²) < 4.78 is 27.6. The van der Waals surface area contributed by atoms with Crippen molar-refractivity contribution in [1.29, 1.82) is 0 Å². The Morgan fingerprint density at radius 3 is 2.30 bits per heavy atom. The number of benzene rings is 3. The van der Waals surface area contributed by atoms with E-state index in [0.29, 0.717) is 12.1 Å². The average Bonchev–Trinajstić information content (AvgIpc) is 2.74. The highest BCUT2D eigenvalue weighted by Gasteiger charge is 2.19. The molecule has 0 aromatic heterocycles. The maximum absolute atomic E-state index is 13.8. The summed E-state index contributed by atoms with van der Waals surface area (Å²) in [6.07, 6.45) is 0.525. The predicted molar refractivity (Wildman–Crippen MR) is 116 cm³/mol. The van der Waals surface area contributed by atoms with Crippen molar-refractivity contribution in [3.63, 3.8) is 0 Å². The van der Waals surface area contributed by atoms with Crippen molar-refractivity contribution < 1.29 is 18.4 Å². The summed E-state index contributed by atoms with van der Waals surface area (Å²) in [5.41, 5.74) is 0.566. The van der Waals surface area contributed by atoms with Crippen molar-refractivity contribution in [3.8, 4) is 0 Å². The van der Waals surface area contributed by atoms with Crippen LogP contribution in [0.1, 0.15) is 23.7 Å². The number of carbonyl (C=O) groups is 2. The van der Waals surface area contributed by atoms with Crippen molar-refractivity contribution >= 4 is 35.0 Å². The Balaban J connectivity index is 1.68. The summed E-state index contributed by atoms with van der Waals surface area (Å²) in [6.45, 7) is 1.86. The zero-order chi connectivity index (χ0) is 21.5. The Bertz CT molecular complexity index is 1060. The van der Waals surface area contributed by atoms with Crippen molar-refractivity contribution in [2.75, 3.05) is 10.6 Å². The molecule has 3 aromatic carbocycles. The van der Waals surface area contributed by atoms with Crippen LogP contribution in [0.25, 0.3) is 0 Å². The second-order valence-corrected chi connectivity index (χ2v) is 7.72. The Hall–Kier alpha value is -3.19. The van der Waals surface area contributed by atoms with E-state index in [2.05, 4.69) is 10.6 Å². The number of nitrogens with one attached hydrogen (secondary N) is 2. The minimum absolute atomic E-state index is 0.0498. The fourth-order valence-electron chi connectivity index (χ4n) is 2.75. The third-order valence-corrected chi connectivity index (χ3v) is 5.64. The van der Waals surface area contributed by atoms with E-state index in [1.165, 1.54) is 42.1 Å². The van der Waals surface area contributed by atoms with Gasteiger partial charge < -0.3 is 10.6 Å². The number of para-hydroxylation sites is 1. The summed E-state index contributed by atoms with van der Waals surface area (Å²) in [5, 5.41) is 4.82. The van der Waals surface area contributed by atoms with Gasteiger partial charge in [-0.15, -0.1) is 11.8 Å². The monoisotopic (exact) mass is 426 g/mol. The molecule has 3 aromatic rings. The minimum atomic E-state index is -0.601. The lowest BCUT2D eigenvalue weighted by atomic mass is 10.2. The molecule has 0 spiro atoms. The number of rotatable bonds is 7. The van der Waals surface area contributed by atoms with Gasteiger partial charge in [0.2, 0.25) is 5.91 Å². The van der Waals surface area contributed by atoms with E-state index in [0.717, 1.165) is 4.90 Å². The van der Waals surface area contributed by atoms with Crippen molar-refractivity contribution in [1.82, 2.24) is 0 Å². The Labute approximate surface area is 177 Å². The van der Waals surface area contributed by atoms with E-state index >= 15 is 0 Å². The van der Waals surface area contributed by atoms with Gasteiger partial charge in [0.15, 0.2) is 0 Å². The fraction of sp³-hybridized carbons (Fsp3) is 0.130. The zero-order valence-electron chi connectivity index (χ0n) is 16.2. The van der Waals surface area contributed by atoms with Gasteiger partial charge in [0.05, 0.1) is 16.5 Å². The maximum atomic E-state index is 13.8. The molecule has 0 bridgehead atoms. The van der Waals surface area contributed by atoms with Crippen LogP contribution < -0.4 is 10.6 Å². The molecule has 1 unspecified atom stereocenters. The van der Waals surface area contributed by atoms with Crippen LogP contribution in [-0.4, -0.2) is 17.1 Å². The van der Waals surface area contributed by atoms with Gasteiger partial charge in [-0.3, -0.25) is 9.59 Å². The minimum Gasteiger partial charge on any atom is -0.323 e. The second-order valence-electron chi connectivity index (χ2n) is 6.45. The van der Waals surface area contributed by atoms with Crippen molar-refractivity contribution in [2.24, 2.45) is 0 Å². The number of halogens is 2. The lowest BCUT2D eigenvalue weighted by Crippen LogP contribution is -2.25. The van der Waals surface area contributed by atoms with E-state index in [1.807, 2.05) is 13.0 Å². The molecule has 7 heteroatoms. The molecule has 154 valence electrons. The second kappa shape index (κ2) is 10.0. The first-order valence-corrected chi connectivity index (χ1v) is 10.2. The number of hydrogen-bond acceptors (Lipinski definition) is 3. The molecule has 0 aliphatic rings. The third-order valence-electron chi connectivity index (χ3n) is 4.28. The highest BCUT2D eigenvalue weighted by molar-refractivity contribution is 8.00. The number of thioether (sulfide) groups is 1. The zero-order valence-corrected chi connectivity index (χ0v) is 17.0. The fourth-order valence-corrected chi connectivity index (χ4v) is 3.77. The molecule has 4 nitrogen and oxygen atoms in total. The molecule has 2 N–H and O–H groups in total. The molecular weight excluding hydrogens is 406 g/mol. The van der Waals surface area contributed by atoms with Crippen LogP contribution in [0.15, 0.2) is 77.7 Å². The van der Waals surface area contributed by atoms with Crippen LogP contribution in [0, 0.1) is 11.6 Å². The SMILES string of the molecule is CCC(Sc1cccc(NC(=O)c2ccccc2F)c1)C(=O)Nc1ccccc1F. The van der Waals surface area contributed by atoms with Crippen LogP contribution in [0.4, 0.5) is 20.2 Å². The highest BCUT2D eigenvalue weighted by Crippen LogP contribution is 2.29. The Kier molecular flexibility index (Phi) is 7.19. The van der Waals surface area contributed by atoms with Crippen LogP contribution in [0.2, 0.25) is 0 Å². The first-order valence-electron chi connectivity index (χ1n) is 9.36. The summed E-state index contributed by atoms with van der Waals surface area (Å²) in [7, 11) is 0. The molecule has 2 amide bonds. The molecule has 0 saturated heterocycles. The molecule has 0 radical (unpaired) electrons. The standard InChI is InChI=1S/C23H20F2N2O2S/c1-2-21(23(29)27-20-13-6-5-12-19(20)25)30-16-9-7-8-15(14-16)26-22(28)17-10-3-4-11-18(17)24/h3-14,21H,2H2,1H3,(H,26,28)(H,27,29). The maximum Gasteiger partial charge on any atom is 0.258 e. The normalized spacial score (nSPS) is 11.6. The topological polar surface area (TPSA) is 58.2 Å². The Morgan fingerprint density at radius 2 is 1.60 bits per heavy atom. The van der Waals surface area contributed by atoms with Crippen molar-refractivity contribution in [2.45, 2.75) is 23.5 Å². The predicted octanol–water partition coefficient (Wildman–Crippen LogP) is 5.73. The lowest BCUT2D eigenvalue weighted by molar-refractivity contribution is -0.115. The van der Waals surface area contributed by atoms with Gasteiger partial charge in [0, 0.05) is 10.6 Å². The van der Waals surface area contributed by atoms with E-state index in [4.69, 9.17) is 0 Å². The molecule has 0 saturated carbocycles.